The van der Waals surface area contributed by atoms with Gasteiger partial charge in [-0.2, -0.15) is 0 Å². The van der Waals surface area contributed by atoms with E-state index < -0.39 is 0 Å². The normalized spacial score (nSPS) is 19.2. The second-order valence-electron chi connectivity index (χ2n) is 5.08. The van der Waals surface area contributed by atoms with Crippen LogP contribution >= 0.6 is 39.1 Å². The Kier molecular flexibility index (Phi) is 4.80. The minimum atomic E-state index is 0.382. The summed E-state index contributed by atoms with van der Waals surface area (Å²) in [5, 5.41) is 2.47. The summed E-state index contributed by atoms with van der Waals surface area (Å²) in [6, 6.07) is 5.95. The number of benzene rings is 1. The molecule has 3 heteroatoms. The van der Waals surface area contributed by atoms with Crippen molar-refractivity contribution in [1.29, 1.82) is 0 Å². The number of alkyl halides is 1. The molecule has 1 aromatic carbocycles. The van der Waals surface area contributed by atoms with Crippen LogP contribution in [0.25, 0.3) is 0 Å². The largest absolute Gasteiger partial charge is 0.0922 e. The highest BCUT2D eigenvalue weighted by molar-refractivity contribution is 9.09. The molecule has 0 bridgehead atoms. The third kappa shape index (κ3) is 3.19. The van der Waals surface area contributed by atoms with Crippen molar-refractivity contribution in [2.45, 2.75) is 38.5 Å². The van der Waals surface area contributed by atoms with E-state index >= 15 is 0 Å². The summed E-state index contributed by atoms with van der Waals surface area (Å²) in [7, 11) is 0. The maximum Gasteiger partial charge on any atom is 0.0624 e. The van der Waals surface area contributed by atoms with Crippen LogP contribution in [0.2, 0.25) is 10.0 Å². The first kappa shape index (κ1) is 13.7. The first-order chi connectivity index (χ1) is 8.17. The molecular formula is C14H17BrCl2. The molecule has 0 atom stereocenters. The van der Waals surface area contributed by atoms with Crippen molar-refractivity contribution < 1.29 is 0 Å². The lowest BCUT2D eigenvalue weighted by atomic mass is 9.72. The zero-order chi connectivity index (χ0) is 12.3. The molecule has 1 aliphatic rings. The fraction of sp³-hybridized carbons (Fsp3) is 0.571. The quantitative estimate of drug-likeness (QED) is 0.605. The van der Waals surface area contributed by atoms with E-state index in [1.54, 1.807) is 0 Å². The molecule has 0 radical (unpaired) electrons. The number of hydrogen-bond acceptors (Lipinski definition) is 0. The van der Waals surface area contributed by atoms with Crippen LogP contribution < -0.4 is 0 Å². The molecule has 0 saturated heterocycles. The molecule has 0 nitrogen and oxygen atoms in total. The predicted molar refractivity (Wildman–Crippen MR) is 79.5 cm³/mol. The van der Waals surface area contributed by atoms with Gasteiger partial charge in [0, 0.05) is 5.33 Å². The van der Waals surface area contributed by atoms with Gasteiger partial charge >= 0.3 is 0 Å². The van der Waals surface area contributed by atoms with Crippen molar-refractivity contribution in [2.75, 3.05) is 5.33 Å². The molecule has 2 rings (SSSR count). The van der Waals surface area contributed by atoms with Crippen molar-refractivity contribution in [3.8, 4) is 0 Å². The third-order valence-corrected chi connectivity index (χ3v) is 5.84. The molecule has 0 aliphatic heterocycles. The van der Waals surface area contributed by atoms with Crippen LogP contribution in [0.5, 0.6) is 0 Å². The Morgan fingerprint density at radius 2 is 1.82 bits per heavy atom. The average molecular weight is 336 g/mol. The molecule has 1 aromatic rings. The van der Waals surface area contributed by atoms with Gasteiger partial charge in [-0.25, -0.2) is 0 Å². The molecule has 0 unspecified atom stereocenters. The molecule has 17 heavy (non-hydrogen) atoms. The zero-order valence-electron chi connectivity index (χ0n) is 9.82. The summed E-state index contributed by atoms with van der Waals surface area (Å²) in [5.41, 5.74) is 1.58. The van der Waals surface area contributed by atoms with Crippen LogP contribution in [0.3, 0.4) is 0 Å². The molecule has 0 heterocycles. The smallest absolute Gasteiger partial charge is 0.0624 e. The summed E-state index contributed by atoms with van der Waals surface area (Å²) >= 11 is 16.1. The van der Waals surface area contributed by atoms with E-state index in [9.17, 15) is 0 Å². The van der Waals surface area contributed by atoms with Gasteiger partial charge in [-0.1, -0.05) is 70.5 Å². The predicted octanol–water partition coefficient (Wildman–Crippen LogP) is 5.88. The van der Waals surface area contributed by atoms with E-state index in [1.165, 1.54) is 37.7 Å². The first-order valence-electron chi connectivity index (χ1n) is 6.16. The molecule has 0 spiro atoms. The fourth-order valence-corrected chi connectivity index (χ4v) is 3.89. The Labute approximate surface area is 122 Å². The van der Waals surface area contributed by atoms with Gasteiger partial charge in [-0.3, -0.25) is 0 Å². The Morgan fingerprint density at radius 1 is 1.12 bits per heavy atom. The fourth-order valence-electron chi connectivity index (χ4n) is 2.75. The Bertz CT molecular complexity index is 384. The van der Waals surface area contributed by atoms with Crippen LogP contribution in [0.4, 0.5) is 0 Å². The van der Waals surface area contributed by atoms with Crippen molar-refractivity contribution in [3.05, 3.63) is 33.8 Å². The highest BCUT2D eigenvalue weighted by atomic mass is 79.9. The number of halogens is 3. The lowest BCUT2D eigenvalue weighted by Gasteiger charge is -2.36. The SMILES string of the molecule is Clc1cccc(CC2(CBr)CCCCC2)c1Cl. The van der Waals surface area contributed by atoms with Gasteiger partial charge in [-0.15, -0.1) is 0 Å². The standard InChI is InChI=1S/C14H17BrCl2/c15-10-14(7-2-1-3-8-14)9-11-5-4-6-12(16)13(11)17/h4-6H,1-3,7-10H2. The van der Waals surface area contributed by atoms with Gasteiger partial charge in [0.05, 0.1) is 10.0 Å². The van der Waals surface area contributed by atoms with Gasteiger partial charge in [0.25, 0.3) is 0 Å². The lowest BCUT2D eigenvalue weighted by molar-refractivity contribution is 0.223. The average Bonchev–Trinajstić information content (AvgIpc) is 2.36. The Balaban J connectivity index is 2.20. The summed E-state index contributed by atoms with van der Waals surface area (Å²) in [5.74, 6) is 0. The van der Waals surface area contributed by atoms with Crippen molar-refractivity contribution in [1.82, 2.24) is 0 Å². The van der Waals surface area contributed by atoms with Crippen LogP contribution in [-0.4, -0.2) is 5.33 Å². The lowest BCUT2D eigenvalue weighted by Crippen LogP contribution is -2.28. The molecule has 1 aliphatic carbocycles. The van der Waals surface area contributed by atoms with Crippen molar-refractivity contribution in [3.63, 3.8) is 0 Å². The molecular weight excluding hydrogens is 319 g/mol. The maximum atomic E-state index is 6.28. The second kappa shape index (κ2) is 5.95. The molecule has 0 amide bonds. The van der Waals surface area contributed by atoms with E-state index in [0.717, 1.165) is 16.8 Å². The third-order valence-electron chi connectivity index (χ3n) is 3.79. The summed E-state index contributed by atoms with van der Waals surface area (Å²) in [4.78, 5) is 0. The zero-order valence-corrected chi connectivity index (χ0v) is 12.9. The van der Waals surface area contributed by atoms with Crippen molar-refractivity contribution in [2.24, 2.45) is 5.41 Å². The summed E-state index contributed by atoms with van der Waals surface area (Å²) in [6.07, 6.45) is 7.67. The summed E-state index contributed by atoms with van der Waals surface area (Å²) in [6.45, 7) is 0. The minimum Gasteiger partial charge on any atom is -0.0922 e. The topological polar surface area (TPSA) is 0 Å². The Morgan fingerprint density at radius 3 is 2.47 bits per heavy atom. The highest BCUT2D eigenvalue weighted by Gasteiger charge is 2.31. The monoisotopic (exact) mass is 334 g/mol. The highest BCUT2D eigenvalue weighted by Crippen LogP contribution is 2.42. The van der Waals surface area contributed by atoms with Crippen LogP contribution in [0.15, 0.2) is 18.2 Å². The van der Waals surface area contributed by atoms with E-state index in [4.69, 9.17) is 23.2 Å². The van der Waals surface area contributed by atoms with E-state index in [1.807, 2.05) is 12.1 Å². The van der Waals surface area contributed by atoms with Gasteiger partial charge in [0.15, 0.2) is 0 Å². The molecule has 0 aromatic heterocycles. The molecule has 1 saturated carbocycles. The Hall–Kier alpha value is 0.280. The molecule has 0 N–H and O–H groups in total. The number of hydrogen-bond donors (Lipinski definition) is 0. The molecule has 94 valence electrons. The van der Waals surface area contributed by atoms with E-state index in [2.05, 4.69) is 22.0 Å². The van der Waals surface area contributed by atoms with Crippen LogP contribution in [0.1, 0.15) is 37.7 Å². The first-order valence-corrected chi connectivity index (χ1v) is 8.03. The van der Waals surface area contributed by atoms with Crippen LogP contribution in [-0.2, 0) is 6.42 Å². The summed E-state index contributed by atoms with van der Waals surface area (Å²) < 4.78 is 0. The van der Waals surface area contributed by atoms with Gasteiger partial charge in [0.1, 0.15) is 0 Å². The van der Waals surface area contributed by atoms with E-state index in [0.29, 0.717) is 10.4 Å². The van der Waals surface area contributed by atoms with Gasteiger partial charge in [0.2, 0.25) is 0 Å². The van der Waals surface area contributed by atoms with Crippen LogP contribution in [0, 0.1) is 5.41 Å². The minimum absolute atomic E-state index is 0.382. The van der Waals surface area contributed by atoms with Gasteiger partial charge in [-0.05, 0) is 36.3 Å². The number of rotatable bonds is 3. The van der Waals surface area contributed by atoms with Crippen molar-refractivity contribution >= 4 is 39.1 Å². The maximum absolute atomic E-state index is 6.28. The van der Waals surface area contributed by atoms with E-state index in [-0.39, 0.29) is 0 Å². The van der Waals surface area contributed by atoms with Gasteiger partial charge < -0.3 is 0 Å². The second-order valence-corrected chi connectivity index (χ2v) is 6.43. The molecule has 1 fully saturated rings.